The minimum atomic E-state index is 0. The summed E-state index contributed by atoms with van der Waals surface area (Å²) < 4.78 is 10.7. The minimum absolute atomic E-state index is 0. The third-order valence-electron chi connectivity index (χ3n) is 5.01. The highest BCUT2D eigenvalue weighted by molar-refractivity contribution is 14.0. The first-order valence-corrected chi connectivity index (χ1v) is 9.94. The molecule has 2 aromatic rings. The molecule has 1 aliphatic rings. The number of methoxy groups -OCH3 is 2. The number of para-hydroxylation sites is 3. The first-order valence-electron chi connectivity index (χ1n) is 9.94. The molecular formula is C22H31IN4O3. The summed E-state index contributed by atoms with van der Waals surface area (Å²) in [5.74, 6) is 2.22. The number of ether oxygens (including phenoxy) is 2. The number of nitrogens with one attached hydrogen (secondary N) is 2. The highest BCUT2D eigenvalue weighted by Crippen LogP contribution is 2.31. The van der Waals surface area contributed by atoms with Gasteiger partial charge in [0.2, 0.25) is 0 Å². The van der Waals surface area contributed by atoms with Crippen LogP contribution < -0.4 is 25.0 Å². The van der Waals surface area contributed by atoms with Crippen LogP contribution in [0.25, 0.3) is 0 Å². The molecule has 164 valence electrons. The molecule has 0 amide bonds. The number of guanidine groups is 1. The average molecular weight is 526 g/mol. The van der Waals surface area contributed by atoms with Crippen molar-refractivity contribution in [3.63, 3.8) is 0 Å². The number of halogens is 1. The fourth-order valence-electron chi connectivity index (χ4n) is 3.53. The Balaban J connectivity index is 0.00000320. The Morgan fingerprint density at radius 2 is 1.87 bits per heavy atom. The minimum Gasteiger partial charge on any atom is -0.504 e. The number of phenols is 1. The molecule has 1 saturated heterocycles. The normalized spacial score (nSPS) is 16.0. The van der Waals surface area contributed by atoms with E-state index in [1.54, 1.807) is 20.3 Å². The number of aliphatic imine (C=N–C) groups is 1. The lowest BCUT2D eigenvalue weighted by atomic mass is 10.2. The Labute approximate surface area is 195 Å². The Hall–Kier alpha value is -2.36. The van der Waals surface area contributed by atoms with Crippen molar-refractivity contribution in [1.29, 1.82) is 0 Å². The van der Waals surface area contributed by atoms with Gasteiger partial charge in [-0.1, -0.05) is 24.3 Å². The molecule has 7 nitrogen and oxygen atoms in total. The van der Waals surface area contributed by atoms with Crippen LogP contribution in [0.15, 0.2) is 47.5 Å². The van der Waals surface area contributed by atoms with E-state index in [0.717, 1.165) is 49.0 Å². The predicted molar refractivity (Wildman–Crippen MR) is 132 cm³/mol. The van der Waals surface area contributed by atoms with Gasteiger partial charge in [-0.2, -0.15) is 0 Å². The van der Waals surface area contributed by atoms with E-state index in [-0.39, 0.29) is 35.8 Å². The maximum atomic E-state index is 10.3. The number of nitrogens with zero attached hydrogens (tertiary/aromatic N) is 2. The molecule has 0 aliphatic carbocycles. The molecule has 0 spiro atoms. The Morgan fingerprint density at radius 3 is 2.60 bits per heavy atom. The molecule has 0 radical (unpaired) electrons. The molecule has 0 aromatic heterocycles. The largest absolute Gasteiger partial charge is 0.504 e. The fraction of sp³-hybridized carbons (Fsp3) is 0.409. The zero-order valence-electron chi connectivity index (χ0n) is 17.7. The van der Waals surface area contributed by atoms with E-state index in [1.807, 2.05) is 37.3 Å². The van der Waals surface area contributed by atoms with Gasteiger partial charge < -0.3 is 30.1 Å². The number of benzene rings is 2. The summed E-state index contributed by atoms with van der Waals surface area (Å²) in [6.45, 7) is 4.99. The van der Waals surface area contributed by atoms with Crippen molar-refractivity contribution in [3.05, 3.63) is 48.0 Å². The number of phenolic OH excluding ortho intramolecular Hbond substituents is 1. The molecule has 3 rings (SSSR count). The van der Waals surface area contributed by atoms with Gasteiger partial charge in [-0.3, -0.25) is 0 Å². The average Bonchev–Trinajstić information content (AvgIpc) is 3.21. The van der Waals surface area contributed by atoms with E-state index in [4.69, 9.17) is 9.47 Å². The lowest BCUT2D eigenvalue weighted by Gasteiger charge is -2.22. The number of aromatic hydroxyl groups is 1. The van der Waals surface area contributed by atoms with Gasteiger partial charge in [0.1, 0.15) is 5.75 Å². The predicted octanol–water partition coefficient (Wildman–Crippen LogP) is 3.36. The van der Waals surface area contributed by atoms with E-state index >= 15 is 0 Å². The number of anilines is 1. The van der Waals surface area contributed by atoms with Crippen LogP contribution in [0.5, 0.6) is 17.2 Å². The van der Waals surface area contributed by atoms with Gasteiger partial charge in [-0.25, -0.2) is 4.99 Å². The van der Waals surface area contributed by atoms with Crippen LogP contribution in [0, 0.1) is 0 Å². The van der Waals surface area contributed by atoms with E-state index < -0.39 is 0 Å². The van der Waals surface area contributed by atoms with E-state index in [1.165, 1.54) is 0 Å². The van der Waals surface area contributed by atoms with Crippen molar-refractivity contribution in [3.8, 4) is 17.2 Å². The standard InChI is InChI=1S/C22H30N4O3.HI/c1-4-23-22(24-14-16-8-7-11-20(29-3)21(16)27)25-17-12-13-26(15-17)18-9-5-6-10-19(18)28-2;/h5-11,17,27H,4,12-15H2,1-3H3,(H2,23,24,25);1H. The monoisotopic (exact) mass is 526 g/mol. The second kappa shape index (κ2) is 11.7. The molecule has 1 heterocycles. The van der Waals surface area contributed by atoms with Crippen molar-refractivity contribution >= 4 is 35.6 Å². The molecule has 8 heteroatoms. The summed E-state index contributed by atoms with van der Waals surface area (Å²) in [5, 5.41) is 17.1. The van der Waals surface area contributed by atoms with Crippen LogP contribution in [0.1, 0.15) is 18.9 Å². The molecule has 1 atom stereocenters. The van der Waals surface area contributed by atoms with Gasteiger partial charge in [-0.05, 0) is 31.5 Å². The van der Waals surface area contributed by atoms with Crippen molar-refractivity contribution in [1.82, 2.24) is 10.6 Å². The second-order valence-corrected chi connectivity index (χ2v) is 6.91. The van der Waals surface area contributed by atoms with Crippen LogP contribution in [-0.2, 0) is 6.54 Å². The van der Waals surface area contributed by atoms with Crippen LogP contribution >= 0.6 is 24.0 Å². The summed E-state index contributed by atoms with van der Waals surface area (Å²) in [5.41, 5.74) is 1.84. The summed E-state index contributed by atoms with van der Waals surface area (Å²) in [4.78, 5) is 6.98. The maximum Gasteiger partial charge on any atom is 0.191 e. The van der Waals surface area contributed by atoms with E-state index in [9.17, 15) is 5.11 Å². The van der Waals surface area contributed by atoms with Gasteiger partial charge in [0.05, 0.1) is 26.5 Å². The molecule has 0 bridgehead atoms. The molecule has 1 aliphatic heterocycles. The zero-order chi connectivity index (χ0) is 20.6. The van der Waals surface area contributed by atoms with E-state index in [0.29, 0.717) is 12.3 Å². The highest BCUT2D eigenvalue weighted by atomic mass is 127. The molecule has 3 N–H and O–H groups in total. The van der Waals surface area contributed by atoms with Gasteiger partial charge in [0.15, 0.2) is 17.5 Å². The molecule has 2 aromatic carbocycles. The molecule has 1 unspecified atom stereocenters. The topological polar surface area (TPSA) is 78.4 Å². The molecule has 30 heavy (non-hydrogen) atoms. The van der Waals surface area contributed by atoms with Gasteiger partial charge in [0.25, 0.3) is 0 Å². The maximum absolute atomic E-state index is 10.3. The third kappa shape index (κ3) is 5.84. The summed E-state index contributed by atoms with van der Waals surface area (Å²) >= 11 is 0. The molecule has 1 fully saturated rings. The Morgan fingerprint density at radius 1 is 1.13 bits per heavy atom. The number of hydrogen-bond acceptors (Lipinski definition) is 5. The lowest BCUT2D eigenvalue weighted by Crippen LogP contribution is -2.44. The van der Waals surface area contributed by atoms with Crippen LogP contribution in [0.2, 0.25) is 0 Å². The summed E-state index contributed by atoms with van der Waals surface area (Å²) in [7, 11) is 3.25. The zero-order valence-corrected chi connectivity index (χ0v) is 20.1. The Kier molecular flexibility index (Phi) is 9.35. The van der Waals surface area contributed by atoms with E-state index in [2.05, 4.69) is 26.6 Å². The lowest BCUT2D eigenvalue weighted by molar-refractivity contribution is 0.370. The SMILES string of the molecule is CCNC(=NCc1cccc(OC)c1O)NC1CCN(c2ccccc2OC)C1.I. The van der Waals surface area contributed by atoms with Crippen LogP contribution in [-0.4, -0.2) is 51.0 Å². The summed E-state index contributed by atoms with van der Waals surface area (Å²) in [6, 6.07) is 13.8. The van der Waals surface area contributed by atoms with Crippen molar-refractivity contribution in [2.75, 3.05) is 38.8 Å². The number of rotatable bonds is 7. The Bertz CT molecular complexity index is 847. The first kappa shape index (κ1) is 23.9. The third-order valence-corrected chi connectivity index (χ3v) is 5.01. The van der Waals surface area contributed by atoms with Gasteiger partial charge >= 0.3 is 0 Å². The second-order valence-electron chi connectivity index (χ2n) is 6.91. The first-order chi connectivity index (χ1) is 14.2. The molecule has 0 saturated carbocycles. The van der Waals surface area contributed by atoms with Gasteiger partial charge in [0, 0.05) is 31.2 Å². The van der Waals surface area contributed by atoms with Crippen molar-refractivity contribution < 1.29 is 14.6 Å². The van der Waals surface area contributed by atoms with Crippen LogP contribution in [0.3, 0.4) is 0 Å². The quantitative estimate of drug-likeness (QED) is 0.292. The fourth-order valence-corrected chi connectivity index (χ4v) is 3.53. The van der Waals surface area contributed by atoms with Crippen LogP contribution in [0.4, 0.5) is 5.69 Å². The van der Waals surface area contributed by atoms with Crippen molar-refractivity contribution in [2.24, 2.45) is 4.99 Å². The molecular weight excluding hydrogens is 495 g/mol. The number of hydrogen-bond donors (Lipinski definition) is 3. The highest BCUT2D eigenvalue weighted by Gasteiger charge is 2.25. The van der Waals surface area contributed by atoms with Gasteiger partial charge in [-0.15, -0.1) is 24.0 Å². The van der Waals surface area contributed by atoms with Crippen molar-refractivity contribution in [2.45, 2.75) is 25.9 Å². The summed E-state index contributed by atoms with van der Waals surface area (Å²) in [6.07, 6.45) is 1.01. The smallest absolute Gasteiger partial charge is 0.191 e.